The third kappa shape index (κ3) is 3.05. The summed E-state index contributed by atoms with van der Waals surface area (Å²) in [6.45, 7) is 8.35. The van der Waals surface area contributed by atoms with Gasteiger partial charge in [0.25, 0.3) is 5.56 Å². The maximum absolute atomic E-state index is 12.2. The molecule has 0 aliphatic carbocycles. The molecule has 0 aliphatic rings. The highest BCUT2D eigenvalue weighted by molar-refractivity contribution is 5.93. The zero-order valence-corrected chi connectivity index (χ0v) is 11.1. The average Bonchev–Trinajstić information content (AvgIpc) is 2.26. The van der Waals surface area contributed by atoms with Crippen LogP contribution in [0.4, 0.5) is 0 Å². The summed E-state index contributed by atoms with van der Waals surface area (Å²) in [5.41, 5.74) is 1.16. The van der Waals surface area contributed by atoms with E-state index in [1.54, 1.807) is 10.6 Å². The van der Waals surface area contributed by atoms with Gasteiger partial charge in [-0.3, -0.25) is 9.59 Å². The van der Waals surface area contributed by atoms with Gasteiger partial charge in [-0.05, 0) is 31.4 Å². The van der Waals surface area contributed by atoms with Crippen LogP contribution in [0.2, 0.25) is 0 Å². The summed E-state index contributed by atoms with van der Waals surface area (Å²) in [6.07, 6.45) is 2.00. The van der Waals surface area contributed by atoms with E-state index in [0.29, 0.717) is 18.0 Å². The first-order chi connectivity index (χ1) is 7.99. The number of ketones is 1. The molecule has 0 bridgehead atoms. The van der Waals surface area contributed by atoms with Gasteiger partial charge in [0.15, 0.2) is 5.78 Å². The lowest BCUT2D eigenvalue weighted by atomic mass is 10.1. The van der Waals surface area contributed by atoms with Crippen molar-refractivity contribution in [3.63, 3.8) is 0 Å². The average molecular weight is 235 g/mol. The van der Waals surface area contributed by atoms with Crippen molar-refractivity contribution in [3.05, 3.63) is 33.7 Å². The second kappa shape index (κ2) is 5.80. The van der Waals surface area contributed by atoms with Crippen LogP contribution in [0.25, 0.3) is 0 Å². The number of carbonyl (C=O) groups is 1. The quantitative estimate of drug-likeness (QED) is 0.736. The van der Waals surface area contributed by atoms with E-state index in [-0.39, 0.29) is 11.3 Å². The highest BCUT2D eigenvalue weighted by Crippen LogP contribution is 2.14. The van der Waals surface area contributed by atoms with Gasteiger partial charge in [0.1, 0.15) is 0 Å². The lowest BCUT2D eigenvalue weighted by Crippen LogP contribution is -2.28. The van der Waals surface area contributed by atoms with E-state index in [0.717, 1.165) is 18.5 Å². The molecule has 0 saturated carbocycles. The van der Waals surface area contributed by atoms with Crippen molar-refractivity contribution >= 4 is 5.78 Å². The monoisotopic (exact) mass is 235 g/mol. The molecule has 0 N–H and O–H groups in total. The van der Waals surface area contributed by atoms with Crippen LogP contribution < -0.4 is 5.56 Å². The molecule has 0 aromatic carbocycles. The van der Waals surface area contributed by atoms with E-state index in [1.165, 1.54) is 6.92 Å². The first-order valence-corrected chi connectivity index (χ1v) is 6.23. The fraction of sp³-hybridized carbons (Fsp3) is 0.571. The summed E-state index contributed by atoms with van der Waals surface area (Å²) in [6, 6.07) is 3.56. The second-order valence-corrected chi connectivity index (χ2v) is 4.69. The topological polar surface area (TPSA) is 39.1 Å². The van der Waals surface area contributed by atoms with Gasteiger partial charge in [0.05, 0.1) is 5.56 Å². The molecule has 94 valence electrons. The predicted octanol–water partition coefficient (Wildman–Crippen LogP) is 2.97. The third-order valence-electron chi connectivity index (χ3n) is 2.91. The van der Waals surface area contributed by atoms with Crippen molar-refractivity contribution in [2.45, 2.75) is 53.0 Å². The van der Waals surface area contributed by atoms with Crippen molar-refractivity contribution in [3.8, 4) is 0 Å². The molecular formula is C14H21NO2. The summed E-state index contributed by atoms with van der Waals surface area (Å²) < 4.78 is 1.75. The molecule has 3 heteroatoms. The Hall–Kier alpha value is -1.38. The number of hydrogen-bond donors (Lipinski definition) is 0. The molecule has 0 spiro atoms. The molecule has 1 aromatic rings. The van der Waals surface area contributed by atoms with Crippen molar-refractivity contribution in [1.82, 2.24) is 4.57 Å². The molecule has 0 fully saturated rings. The van der Waals surface area contributed by atoms with Gasteiger partial charge in [-0.25, -0.2) is 0 Å². The summed E-state index contributed by atoms with van der Waals surface area (Å²) in [7, 11) is 0. The Morgan fingerprint density at radius 2 is 2.00 bits per heavy atom. The molecule has 0 atom stereocenters. The maximum Gasteiger partial charge on any atom is 0.261 e. The Kier molecular flexibility index (Phi) is 4.67. The summed E-state index contributed by atoms with van der Waals surface area (Å²) in [4.78, 5) is 23.5. The first-order valence-electron chi connectivity index (χ1n) is 6.23. The van der Waals surface area contributed by atoms with Crippen molar-refractivity contribution < 1.29 is 4.79 Å². The zero-order valence-electron chi connectivity index (χ0n) is 11.1. The maximum atomic E-state index is 12.2. The fourth-order valence-electron chi connectivity index (χ4n) is 1.91. The predicted molar refractivity (Wildman–Crippen MR) is 69.7 cm³/mol. The number of pyridine rings is 1. The molecule has 1 heterocycles. The standard InChI is InChI=1S/C14H21NO2/c1-5-6-9-15-13(10(2)3)8-7-12(11(4)16)14(15)17/h7-8,10H,5-6,9H2,1-4H3. The number of aromatic nitrogens is 1. The molecule has 1 rings (SSSR count). The number of hydrogen-bond acceptors (Lipinski definition) is 2. The number of Topliss-reactive ketones (excluding diaryl/α,β-unsaturated/α-hetero) is 1. The van der Waals surface area contributed by atoms with Gasteiger partial charge < -0.3 is 4.57 Å². The van der Waals surface area contributed by atoms with Crippen LogP contribution in [0.5, 0.6) is 0 Å². The number of carbonyl (C=O) groups excluding carboxylic acids is 1. The molecule has 0 amide bonds. The first kappa shape index (κ1) is 13.7. The lowest BCUT2D eigenvalue weighted by molar-refractivity contribution is 0.101. The largest absolute Gasteiger partial charge is 0.312 e. The molecular weight excluding hydrogens is 214 g/mol. The van der Waals surface area contributed by atoms with E-state index in [9.17, 15) is 9.59 Å². The molecule has 3 nitrogen and oxygen atoms in total. The summed E-state index contributed by atoms with van der Waals surface area (Å²) >= 11 is 0. The fourth-order valence-corrected chi connectivity index (χ4v) is 1.91. The lowest BCUT2D eigenvalue weighted by Gasteiger charge is -2.16. The number of unbranched alkanes of at least 4 members (excludes halogenated alkanes) is 1. The number of rotatable bonds is 5. The van der Waals surface area contributed by atoms with Crippen LogP contribution in [0.3, 0.4) is 0 Å². The minimum atomic E-state index is -0.157. The summed E-state index contributed by atoms with van der Waals surface area (Å²) in [5, 5.41) is 0. The van der Waals surface area contributed by atoms with E-state index in [2.05, 4.69) is 20.8 Å². The highest BCUT2D eigenvalue weighted by Gasteiger charge is 2.13. The SMILES string of the molecule is CCCCn1c(C(C)C)ccc(C(C)=O)c1=O. The molecule has 0 unspecified atom stereocenters. The van der Waals surface area contributed by atoms with Crippen LogP contribution in [0.1, 0.15) is 62.5 Å². The van der Waals surface area contributed by atoms with E-state index >= 15 is 0 Å². The van der Waals surface area contributed by atoms with Crippen LogP contribution in [-0.4, -0.2) is 10.4 Å². The molecule has 0 saturated heterocycles. The Bertz CT molecular complexity index is 458. The molecule has 0 aliphatic heterocycles. The van der Waals surface area contributed by atoms with E-state index in [1.807, 2.05) is 6.07 Å². The Morgan fingerprint density at radius 3 is 2.47 bits per heavy atom. The van der Waals surface area contributed by atoms with Crippen LogP contribution in [-0.2, 0) is 6.54 Å². The van der Waals surface area contributed by atoms with E-state index < -0.39 is 0 Å². The number of nitrogens with zero attached hydrogens (tertiary/aromatic N) is 1. The Balaban J connectivity index is 3.31. The minimum Gasteiger partial charge on any atom is -0.312 e. The van der Waals surface area contributed by atoms with Gasteiger partial charge >= 0.3 is 0 Å². The van der Waals surface area contributed by atoms with Crippen LogP contribution >= 0.6 is 0 Å². The summed E-state index contributed by atoms with van der Waals surface area (Å²) in [5.74, 6) is 0.135. The Labute approximate surface area is 102 Å². The molecule has 17 heavy (non-hydrogen) atoms. The van der Waals surface area contributed by atoms with Gasteiger partial charge in [0.2, 0.25) is 0 Å². The van der Waals surface area contributed by atoms with Crippen molar-refractivity contribution in [2.24, 2.45) is 0 Å². The van der Waals surface area contributed by atoms with Crippen molar-refractivity contribution in [1.29, 1.82) is 0 Å². The van der Waals surface area contributed by atoms with Gasteiger partial charge in [-0.1, -0.05) is 27.2 Å². The second-order valence-electron chi connectivity index (χ2n) is 4.69. The third-order valence-corrected chi connectivity index (χ3v) is 2.91. The van der Waals surface area contributed by atoms with Crippen molar-refractivity contribution in [2.75, 3.05) is 0 Å². The van der Waals surface area contributed by atoms with Gasteiger partial charge in [-0.15, -0.1) is 0 Å². The van der Waals surface area contributed by atoms with Gasteiger partial charge in [0, 0.05) is 12.2 Å². The molecule has 0 radical (unpaired) electrons. The zero-order chi connectivity index (χ0) is 13.0. The van der Waals surface area contributed by atoms with Crippen LogP contribution in [0.15, 0.2) is 16.9 Å². The van der Waals surface area contributed by atoms with Crippen LogP contribution in [0, 0.1) is 0 Å². The Morgan fingerprint density at radius 1 is 1.35 bits per heavy atom. The molecule has 1 aromatic heterocycles. The minimum absolute atomic E-state index is 0.142. The highest BCUT2D eigenvalue weighted by atomic mass is 16.1. The normalized spacial score (nSPS) is 10.9. The smallest absolute Gasteiger partial charge is 0.261 e. The van der Waals surface area contributed by atoms with E-state index in [4.69, 9.17) is 0 Å². The van der Waals surface area contributed by atoms with Gasteiger partial charge in [-0.2, -0.15) is 0 Å².